The topological polar surface area (TPSA) is 166 Å². The zero-order valence-corrected chi connectivity index (χ0v) is 14.7. The molecule has 2 unspecified atom stereocenters. The quantitative estimate of drug-likeness (QED) is 0.313. The summed E-state index contributed by atoms with van der Waals surface area (Å²) in [4.78, 5) is 12.4. The fraction of sp³-hybridized carbons (Fsp3) is 0.562. The van der Waals surface area contributed by atoms with Crippen LogP contribution in [0.2, 0.25) is 0 Å². The molecule has 1 fully saturated rings. The number of ether oxygens (including phenoxy) is 1. The second-order valence-corrected chi connectivity index (χ2v) is 6.36. The molecular formula is C16H23N5O6. The number of rotatable bonds is 6. The van der Waals surface area contributed by atoms with Gasteiger partial charge in [-0.05, 0) is 6.92 Å². The molecule has 0 radical (unpaired) electrons. The molecule has 0 spiro atoms. The smallest absolute Gasteiger partial charge is 0.183 e. The summed E-state index contributed by atoms with van der Waals surface area (Å²) < 4.78 is 7.03. The molecule has 3 rings (SSSR count). The van der Waals surface area contributed by atoms with Crippen molar-refractivity contribution in [3.63, 3.8) is 0 Å². The number of nitrogens with one attached hydrogen (secondary N) is 1. The molecule has 1 aliphatic heterocycles. The van der Waals surface area contributed by atoms with Crippen LogP contribution >= 0.6 is 0 Å². The second kappa shape index (κ2) is 8.25. The highest BCUT2D eigenvalue weighted by atomic mass is 16.6. The molecule has 3 heterocycles. The van der Waals surface area contributed by atoms with Crippen LogP contribution in [-0.2, 0) is 4.74 Å². The van der Waals surface area contributed by atoms with Crippen molar-refractivity contribution in [2.24, 2.45) is 0 Å². The first-order valence-corrected chi connectivity index (χ1v) is 8.46. The Labute approximate surface area is 154 Å². The van der Waals surface area contributed by atoms with Crippen molar-refractivity contribution in [1.82, 2.24) is 19.5 Å². The average Bonchev–Trinajstić information content (AvgIpc) is 3.11. The number of aromatic nitrogens is 4. The molecule has 148 valence electrons. The molecule has 0 saturated carbocycles. The average molecular weight is 381 g/mol. The first kappa shape index (κ1) is 19.6. The van der Waals surface area contributed by atoms with Crippen LogP contribution in [0.4, 0.5) is 5.82 Å². The van der Waals surface area contributed by atoms with E-state index in [-0.39, 0.29) is 6.61 Å². The van der Waals surface area contributed by atoms with Crippen molar-refractivity contribution in [3.8, 4) is 0 Å². The summed E-state index contributed by atoms with van der Waals surface area (Å²) in [6.07, 6.45) is -2.04. The maximum absolute atomic E-state index is 10.4. The predicted molar refractivity (Wildman–Crippen MR) is 93.7 cm³/mol. The number of imidazole rings is 1. The normalized spacial score (nSPS) is 29.3. The van der Waals surface area contributed by atoms with E-state index in [9.17, 15) is 20.4 Å². The van der Waals surface area contributed by atoms with Gasteiger partial charge in [0.15, 0.2) is 17.7 Å². The van der Waals surface area contributed by atoms with E-state index in [0.29, 0.717) is 23.5 Å². The number of fused-ring (bicyclic) bond motifs is 1. The summed E-state index contributed by atoms with van der Waals surface area (Å²) in [5, 5.41) is 51.9. The number of anilines is 1. The van der Waals surface area contributed by atoms with E-state index in [4.69, 9.17) is 9.84 Å². The van der Waals surface area contributed by atoms with Gasteiger partial charge in [-0.15, -0.1) is 0 Å². The molecular weight excluding hydrogens is 358 g/mol. The predicted octanol–water partition coefficient (Wildman–Crippen LogP) is -1.85. The second-order valence-electron chi connectivity index (χ2n) is 6.36. The van der Waals surface area contributed by atoms with Crippen LogP contribution in [0, 0.1) is 0 Å². The molecule has 5 atom stereocenters. The van der Waals surface area contributed by atoms with E-state index in [0.717, 1.165) is 5.57 Å². The van der Waals surface area contributed by atoms with Crippen molar-refractivity contribution in [3.05, 3.63) is 24.3 Å². The molecule has 0 bridgehead atoms. The van der Waals surface area contributed by atoms with Gasteiger partial charge in [-0.2, -0.15) is 0 Å². The fourth-order valence-corrected chi connectivity index (χ4v) is 2.90. The molecule has 27 heavy (non-hydrogen) atoms. The first-order valence-electron chi connectivity index (χ1n) is 8.46. The van der Waals surface area contributed by atoms with Crippen LogP contribution in [0.15, 0.2) is 24.3 Å². The standard InChI is InChI=1S/C16H23N5O6/c1-8(4-22)2-3-17-14-10-15(19-6-18-14)20-7-21(10)16-13(26)12(25)11(24)9(5-23)27-16/h2,6-7,9,11-13,16,22-26H,3-5H2,1H3,(H,17,18,19)/b8-2+/t9-,11?,12+,13+,16?/m1/s1. The van der Waals surface area contributed by atoms with Crippen LogP contribution in [0.3, 0.4) is 0 Å². The van der Waals surface area contributed by atoms with Crippen LogP contribution in [0.25, 0.3) is 11.2 Å². The van der Waals surface area contributed by atoms with Gasteiger partial charge in [0.2, 0.25) is 0 Å². The largest absolute Gasteiger partial charge is 0.394 e. The Hall–Kier alpha value is -2.15. The zero-order valence-electron chi connectivity index (χ0n) is 14.7. The van der Waals surface area contributed by atoms with Gasteiger partial charge in [0.1, 0.15) is 42.6 Å². The third-order valence-electron chi connectivity index (χ3n) is 4.48. The Morgan fingerprint density at radius 2 is 1.96 bits per heavy atom. The van der Waals surface area contributed by atoms with Crippen LogP contribution in [0.1, 0.15) is 13.2 Å². The van der Waals surface area contributed by atoms with Crippen molar-refractivity contribution < 1.29 is 30.3 Å². The maximum Gasteiger partial charge on any atom is 0.183 e. The van der Waals surface area contributed by atoms with Gasteiger partial charge < -0.3 is 35.6 Å². The van der Waals surface area contributed by atoms with E-state index in [1.54, 1.807) is 13.0 Å². The van der Waals surface area contributed by atoms with E-state index < -0.39 is 37.3 Å². The molecule has 6 N–H and O–H groups in total. The van der Waals surface area contributed by atoms with Crippen molar-refractivity contribution in [2.45, 2.75) is 37.6 Å². The Kier molecular flexibility index (Phi) is 5.99. The number of nitrogens with zero attached hydrogens (tertiary/aromatic N) is 4. The third kappa shape index (κ3) is 3.78. The molecule has 0 aliphatic carbocycles. The molecule has 0 aromatic carbocycles. The summed E-state index contributed by atoms with van der Waals surface area (Å²) in [6.45, 7) is 1.60. The first-order chi connectivity index (χ1) is 13.0. The van der Waals surface area contributed by atoms with Crippen LogP contribution < -0.4 is 5.32 Å². The minimum absolute atomic E-state index is 0.0519. The number of aliphatic hydroxyl groups excluding tert-OH is 5. The highest BCUT2D eigenvalue weighted by molar-refractivity contribution is 5.83. The molecule has 11 nitrogen and oxygen atoms in total. The highest BCUT2D eigenvalue weighted by Crippen LogP contribution is 2.32. The Balaban J connectivity index is 1.95. The van der Waals surface area contributed by atoms with Crippen molar-refractivity contribution in [1.29, 1.82) is 0 Å². The van der Waals surface area contributed by atoms with Gasteiger partial charge in [0.25, 0.3) is 0 Å². The van der Waals surface area contributed by atoms with E-state index in [2.05, 4.69) is 20.3 Å². The van der Waals surface area contributed by atoms with Crippen molar-refractivity contribution in [2.75, 3.05) is 25.1 Å². The third-order valence-corrected chi connectivity index (χ3v) is 4.48. The van der Waals surface area contributed by atoms with Crippen LogP contribution in [0.5, 0.6) is 0 Å². The van der Waals surface area contributed by atoms with E-state index in [1.807, 2.05) is 0 Å². The van der Waals surface area contributed by atoms with Crippen molar-refractivity contribution >= 4 is 17.0 Å². The monoisotopic (exact) mass is 381 g/mol. The SMILES string of the molecule is C/C(=C\CNc1ncnc2ncn(C3O[C@H](CO)C(O)[C@H](O)[C@@H]3O)c12)CO. The molecule has 0 amide bonds. The lowest BCUT2D eigenvalue weighted by atomic mass is 9.98. The molecule has 1 aliphatic rings. The van der Waals surface area contributed by atoms with Gasteiger partial charge in [-0.3, -0.25) is 4.57 Å². The van der Waals surface area contributed by atoms with Gasteiger partial charge in [-0.25, -0.2) is 15.0 Å². The zero-order chi connectivity index (χ0) is 19.6. The minimum atomic E-state index is -1.51. The highest BCUT2D eigenvalue weighted by Gasteiger charge is 2.44. The molecule has 2 aromatic heterocycles. The fourth-order valence-electron chi connectivity index (χ4n) is 2.90. The molecule has 2 aromatic rings. The summed E-state index contributed by atoms with van der Waals surface area (Å²) >= 11 is 0. The summed E-state index contributed by atoms with van der Waals surface area (Å²) in [5.74, 6) is 0.413. The summed E-state index contributed by atoms with van der Waals surface area (Å²) in [5.41, 5.74) is 1.56. The van der Waals surface area contributed by atoms with E-state index in [1.165, 1.54) is 17.2 Å². The Morgan fingerprint density at radius 3 is 2.67 bits per heavy atom. The van der Waals surface area contributed by atoms with E-state index >= 15 is 0 Å². The lowest BCUT2D eigenvalue weighted by Gasteiger charge is -2.40. The summed E-state index contributed by atoms with van der Waals surface area (Å²) in [6, 6.07) is 0. The lowest BCUT2D eigenvalue weighted by molar-refractivity contribution is -0.250. The van der Waals surface area contributed by atoms with Gasteiger partial charge in [-0.1, -0.05) is 11.6 Å². The Bertz CT molecular complexity index is 810. The lowest BCUT2D eigenvalue weighted by Crippen LogP contribution is -2.56. The number of aliphatic hydroxyl groups is 5. The van der Waals surface area contributed by atoms with Gasteiger partial charge in [0.05, 0.1) is 13.2 Å². The Morgan fingerprint density at radius 1 is 1.19 bits per heavy atom. The van der Waals surface area contributed by atoms with Gasteiger partial charge in [0, 0.05) is 6.54 Å². The maximum atomic E-state index is 10.4. The minimum Gasteiger partial charge on any atom is -0.394 e. The molecule has 1 saturated heterocycles. The number of hydrogen-bond donors (Lipinski definition) is 6. The summed E-state index contributed by atoms with van der Waals surface area (Å²) in [7, 11) is 0. The van der Waals surface area contributed by atoms with Crippen LogP contribution in [-0.4, -0.2) is 89.2 Å². The van der Waals surface area contributed by atoms with Gasteiger partial charge >= 0.3 is 0 Å². The molecule has 11 heteroatoms. The number of hydrogen-bond acceptors (Lipinski definition) is 10.